The summed E-state index contributed by atoms with van der Waals surface area (Å²) < 4.78 is 39.6. The summed E-state index contributed by atoms with van der Waals surface area (Å²) in [7, 11) is 2.30. The van der Waals surface area contributed by atoms with E-state index in [1.807, 2.05) is 32.0 Å². The first-order chi connectivity index (χ1) is 17.6. The highest BCUT2D eigenvalue weighted by Gasteiger charge is 2.31. The lowest BCUT2D eigenvalue weighted by molar-refractivity contribution is -0.129. The zero-order chi connectivity index (χ0) is 27.2. The SMILES string of the molecule is CCN(Cc1cccnc1)C(=O)CN(c1cc(N(C)C)ccc1Cl)S(=O)(=O)c1ccc(OC)c(OC)c1. The van der Waals surface area contributed by atoms with Crippen molar-refractivity contribution in [3.63, 3.8) is 0 Å². The Morgan fingerprint density at radius 1 is 1.03 bits per heavy atom. The van der Waals surface area contributed by atoms with E-state index in [1.54, 1.807) is 41.6 Å². The summed E-state index contributed by atoms with van der Waals surface area (Å²) in [5.41, 5.74) is 1.75. The van der Waals surface area contributed by atoms with Gasteiger partial charge in [0.15, 0.2) is 11.5 Å². The van der Waals surface area contributed by atoms with E-state index in [4.69, 9.17) is 21.1 Å². The molecule has 2 aromatic carbocycles. The number of anilines is 2. The second-order valence-corrected chi connectivity index (χ2v) is 10.6. The fourth-order valence-electron chi connectivity index (χ4n) is 3.69. The molecule has 0 N–H and O–H groups in total. The molecule has 198 valence electrons. The number of pyridine rings is 1. The number of hydrogen-bond acceptors (Lipinski definition) is 7. The van der Waals surface area contributed by atoms with Crippen LogP contribution >= 0.6 is 11.6 Å². The number of rotatable bonds is 11. The first-order valence-electron chi connectivity index (χ1n) is 11.5. The zero-order valence-electron chi connectivity index (χ0n) is 21.5. The summed E-state index contributed by atoms with van der Waals surface area (Å²) in [6.45, 7) is 2.05. The first kappa shape index (κ1) is 28.1. The number of nitrogens with zero attached hydrogens (tertiary/aromatic N) is 4. The molecule has 3 rings (SSSR count). The molecule has 9 nitrogen and oxygen atoms in total. The molecule has 0 fully saturated rings. The molecule has 1 amide bonds. The number of methoxy groups -OCH3 is 2. The van der Waals surface area contributed by atoms with Gasteiger partial charge in [-0.1, -0.05) is 17.7 Å². The van der Waals surface area contributed by atoms with E-state index in [0.29, 0.717) is 18.8 Å². The van der Waals surface area contributed by atoms with Gasteiger partial charge in [0, 0.05) is 51.3 Å². The summed E-state index contributed by atoms with van der Waals surface area (Å²) in [4.78, 5) is 20.9. The second kappa shape index (κ2) is 12.2. The third-order valence-corrected chi connectivity index (χ3v) is 7.84. The maximum atomic E-state index is 14.0. The number of hydrogen-bond donors (Lipinski definition) is 0. The lowest BCUT2D eigenvalue weighted by Gasteiger charge is -2.29. The van der Waals surface area contributed by atoms with Crippen molar-refractivity contribution in [3.05, 3.63) is 71.5 Å². The lowest BCUT2D eigenvalue weighted by atomic mass is 10.2. The highest BCUT2D eigenvalue weighted by Crippen LogP contribution is 2.36. The Morgan fingerprint density at radius 3 is 2.35 bits per heavy atom. The molecule has 37 heavy (non-hydrogen) atoms. The first-order valence-corrected chi connectivity index (χ1v) is 13.3. The smallest absolute Gasteiger partial charge is 0.264 e. The Kier molecular flexibility index (Phi) is 9.23. The van der Waals surface area contributed by atoms with Crippen LogP contribution in [0.3, 0.4) is 0 Å². The number of aromatic nitrogens is 1. The van der Waals surface area contributed by atoms with Gasteiger partial charge in [-0.2, -0.15) is 0 Å². The van der Waals surface area contributed by atoms with Crippen LogP contribution in [0.5, 0.6) is 11.5 Å². The molecule has 11 heteroatoms. The van der Waals surface area contributed by atoms with Gasteiger partial charge in [-0.25, -0.2) is 8.42 Å². The molecule has 0 atom stereocenters. The van der Waals surface area contributed by atoms with Gasteiger partial charge in [-0.3, -0.25) is 14.1 Å². The molecule has 1 aromatic heterocycles. The predicted octanol–water partition coefficient (Wildman–Crippen LogP) is 4.06. The number of sulfonamides is 1. The monoisotopic (exact) mass is 546 g/mol. The molecule has 0 spiro atoms. The number of carbonyl (C=O) groups is 1. The predicted molar refractivity (Wildman–Crippen MR) is 145 cm³/mol. The van der Waals surface area contributed by atoms with Gasteiger partial charge in [-0.05, 0) is 48.9 Å². The van der Waals surface area contributed by atoms with Crippen molar-refractivity contribution < 1.29 is 22.7 Å². The maximum absolute atomic E-state index is 14.0. The Balaban J connectivity index is 2.09. The fraction of sp³-hybridized carbons (Fsp3) is 0.308. The summed E-state index contributed by atoms with van der Waals surface area (Å²) in [5, 5.41) is 0.192. The Bertz CT molecular complexity index is 1340. The van der Waals surface area contributed by atoms with Crippen molar-refractivity contribution >= 4 is 38.9 Å². The van der Waals surface area contributed by atoms with Crippen LogP contribution in [0.2, 0.25) is 5.02 Å². The van der Waals surface area contributed by atoms with Crippen molar-refractivity contribution in [3.8, 4) is 11.5 Å². The molecule has 0 saturated carbocycles. The third-order valence-electron chi connectivity index (χ3n) is 5.77. The summed E-state index contributed by atoms with van der Waals surface area (Å²) >= 11 is 6.52. The average Bonchev–Trinajstić information content (AvgIpc) is 2.90. The van der Waals surface area contributed by atoms with Gasteiger partial charge in [0.05, 0.1) is 29.8 Å². The molecule has 0 aliphatic carbocycles. The van der Waals surface area contributed by atoms with Crippen molar-refractivity contribution in [2.75, 3.05) is 50.6 Å². The number of carbonyl (C=O) groups excluding carboxylic acids is 1. The van der Waals surface area contributed by atoms with Crippen LogP contribution in [0.25, 0.3) is 0 Å². The molecule has 0 radical (unpaired) electrons. The molecule has 0 bridgehead atoms. The van der Waals surface area contributed by atoms with Crippen LogP contribution in [0, 0.1) is 0 Å². The number of benzene rings is 2. The Hall–Kier alpha value is -3.50. The molecular weight excluding hydrogens is 516 g/mol. The van der Waals surface area contributed by atoms with Crippen molar-refractivity contribution in [2.24, 2.45) is 0 Å². The van der Waals surface area contributed by atoms with Crippen LogP contribution in [0.15, 0.2) is 65.8 Å². The molecule has 1 heterocycles. The topological polar surface area (TPSA) is 92.3 Å². The molecule has 0 saturated heterocycles. The quantitative estimate of drug-likeness (QED) is 0.358. The van der Waals surface area contributed by atoms with Gasteiger partial charge in [-0.15, -0.1) is 0 Å². The summed E-state index contributed by atoms with van der Waals surface area (Å²) in [6.07, 6.45) is 3.32. The zero-order valence-corrected chi connectivity index (χ0v) is 23.1. The van der Waals surface area contributed by atoms with Crippen molar-refractivity contribution in [1.82, 2.24) is 9.88 Å². The van der Waals surface area contributed by atoms with Gasteiger partial charge in [0.1, 0.15) is 6.54 Å². The standard InChI is InChI=1S/C26H31ClN4O5S/c1-6-30(17-19-8-7-13-28-16-19)26(32)18-31(23-14-20(29(2)3)9-11-22(23)27)37(33,34)21-10-12-24(35-4)25(15-21)36-5/h7-16H,6,17-18H2,1-5H3. The molecule has 0 aliphatic heterocycles. The van der Waals surface area contributed by atoms with Crippen LogP contribution < -0.4 is 18.7 Å². The van der Waals surface area contributed by atoms with E-state index in [2.05, 4.69) is 4.98 Å². The second-order valence-electron chi connectivity index (χ2n) is 8.33. The minimum absolute atomic E-state index is 0.0698. The van der Waals surface area contributed by atoms with E-state index in [-0.39, 0.29) is 27.3 Å². The van der Waals surface area contributed by atoms with Crippen LogP contribution in [0.4, 0.5) is 11.4 Å². The normalized spacial score (nSPS) is 11.1. The number of ether oxygens (including phenoxy) is 2. The van der Waals surface area contributed by atoms with E-state index in [1.165, 1.54) is 32.4 Å². The van der Waals surface area contributed by atoms with Gasteiger partial charge >= 0.3 is 0 Å². The fourth-order valence-corrected chi connectivity index (χ4v) is 5.40. The van der Waals surface area contributed by atoms with Crippen LogP contribution in [-0.4, -0.2) is 65.6 Å². The van der Waals surface area contributed by atoms with Crippen molar-refractivity contribution in [1.29, 1.82) is 0 Å². The number of likely N-dealkylation sites (N-methyl/N-ethyl adjacent to an activating group) is 1. The van der Waals surface area contributed by atoms with E-state index in [9.17, 15) is 13.2 Å². The molecule has 0 unspecified atom stereocenters. The number of amides is 1. The van der Waals surface area contributed by atoms with Gasteiger partial charge in [0.25, 0.3) is 10.0 Å². The average molecular weight is 547 g/mol. The van der Waals surface area contributed by atoms with Crippen LogP contribution in [0.1, 0.15) is 12.5 Å². The minimum atomic E-state index is -4.25. The highest BCUT2D eigenvalue weighted by atomic mass is 35.5. The van der Waals surface area contributed by atoms with E-state index >= 15 is 0 Å². The van der Waals surface area contributed by atoms with Crippen molar-refractivity contribution in [2.45, 2.75) is 18.4 Å². The Morgan fingerprint density at radius 2 is 1.76 bits per heavy atom. The highest BCUT2D eigenvalue weighted by molar-refractivity contribution is 7.92. The summed E-state index contributed by atoms with van der Waals surface area (Å²) in [6, 6.07) is 13.0. The van der Waals surface area contributed by atoms with Gasteiger partial charge < -0.3 is 19.3 Å². The summed E-state index contributed by atoms with van der Waals surface area (Å²) in [5.74, 6) is 0.238. The van der Waals surface area contributed by atoms with E-state index < -0.39 is 16.6 Å². The largest absolute Gasteiger partial charge is 0.493 e. The molecular formula is C26H31ClN4O5S. The molecule has 0 aliphatic rings. The minimum Gasteiger partial charge on any atom is -0.493 e. The van der Waals surface area contributed by atoms with Crippen LogP contribution in [-0.2, 0) is 21.4 Å². The lowest BCUT2D eigenvalue weighted by Crippen LogP contribution is -2.43. The van der Waals surface area contributed by atoms with Gasteiger partial charge in [0.2, 0.25) is 5.91 Å². The molecule has 3 aromatic rings. The third kappa shape index (κ3) is 6.44. The van der Waals surface area contributed by atoms with E-state index in [0.717, 1.165) is 15.6 Å². The maximum Gasteiger partial charge on any atom is 0.264 e. The number of halogens is 1. The Labute approximate surface area is 223 Å².